The van der Waals surface area contributed by atoms with Crippen LogP contribution in [0.15, 0.2) is 66.2 Å². The first-order valence-corrected chi connectivity index (χ1v) is 12.0. The molecule has 1 saturated heterocycles. The Bertz CT molecular complexity index is 1100. The zero-order valence-electron chi connectivity index (χ0n) is 19.4. The van der Waals surface area contributed by atoms with Gasteiger partial charge in [0.05, 0.1) is 31.1 Å². The molecule has 1 aliphatic carbocycles. The Kier molecular flexibility index (Phi) is 6.86. The van der Waals surface area contributed by atoms with Gasteiger partial charge in [-0.25, -0.2) is 0 Å². The fraction of sp³-hybridized carbons (Fsp3) is 0.407. The lowest BCUT2D eigenvalue weighted by Crippen LogP contribution is -2.56. The summed E-state index contributed by atoms with van der Waals surface area (Å²) in [4.78, 5) is 28.6. The van der Waals surface area contributed by atoms with Crippen molar-refractivity contribution in [3.05, 3.63) is 77.4 Å². The van der Waals surface area contributed by atoms with E-state index in [4.69, 9.17) is 9.47 Å². The molecule has 35 heavy (non-hydrogen) atoms. The Morgan fingerprint density at radius 2 is 1.86 bits per heavy atom. The normalized spacial score (nSPS) is 26.8. The van der Waals surface area contributed by atoms with Crippen molar-refractivity contribution in [3.8, 4) is 5.75 Å². The van der Waals surface area contributed by atoms with Crippen molar-refractivity contribution in [1.29, 1.82) is 0 Å². The molecule has 0 saturated carbocycles. The van der Waals surface area contributed by atoms with Crippen LogP contribution in [-0.4, -0.2) is 71.5 Å². The first-order chi connectivity index (χ1) is 17.1. The number of carbonyl (C=O) groups is 2. The topological polar surface area (TPSA) is 108 Å². The van der Waals surface area contributed by atoms with Gasteiger partial charge in [0.1, 0.15) is 18.0 Å². The number of carbonyl (C=O) groups excluding carboxylic acids is 2. The van der Waals surface area contributed by atoms with Crippen molar-refractivity contribution in [2.45, 2.75) is 37.1 Å². The van der Waals surface area contributed by atoms with E-state index in [1.54, 1.807) is 11.0 Å². The molecule has 0 radical (unpaired) electrons. The van der Waals surface area contributed by atoms with Gasteiger partial charge >= 0.3 is 0 Å². The molecule has 5 rings (SSSR count). The van der Waals surface area contributed by atoms with E-state index in [1.807, 2.05) is 54.6 Å². The van der Waals surface area contributed by atoms with Crippen LogP contribution in [0.25, 0.3) is 0 Å². The van der Waals surface area contributed by atoms with E-state index < -0.39 is 24.2 Å². The van der Waals surface area contributed by atoms with E-state index in [-0.39, 0.29) is 37.4 Å². The molecule has 184 valence electrons. The van der Waals surface area contributed by atoms with Crippen LogP contribution < -0.4 is 10.1 Å². The van der Waals surface area contributed by atoms with Crippen molar-refractivity contribution in [2.75, 3.05) is 26.4 Å². The molecule has 8 heteroatoms. The Morgan fingerprint density at radius 3 is 2.60 bits per heavy atom. The molecule has 2 amide bonds. The summed E-state index contributed by atoms with van der Waals surface area (Å²) in [5.74, 6) is -0.614. The fourth-order valence-corrected chi connectivity index (χ4v) is 5.27. The van der Waals surface area contributed by atoms with Gasteiger partial charge in [-0.3, -0.25) is 9.59 Å². The average Bonchev–Trinajstić information content (AvgIpc) is 3.56. The van der Waals surface area contributed by atoms with Gasteiger partial charge in [0.25, 0.3) is 0 Å². The van der Waals surface area contributed by atoms with E-state index in [0.717, 1.165) is 11.1 Å². The summed E-state index contributed by atoms with van der Waals surface area (Å²) in [6.45, 7) is 1.07. The molecule has 2 heterocycles. The zero-order chi connectivity index (χ0) is 24.4. The minimum Gasteiger partial charge on any atom is -0.486 e. The molecule has 3 N–H and O–H groups in total. The number of nitrogens with one attached hydrogen (secondary N) is 1. The van der Waals surface area contributed by atoms with E-state index in [0.29, 0.717) is 31.0 Å². The summed E-state index contributed by atoms with van der Waals surface area (Å²) < 4.78 is 11.6. The third-order valence-electron chi connectivity index (χ3n) is 6.99. The maximum atomic E-state index is 13.7. The van der Waals surface area contributed by atoms with E-state index >= 15 is 0 Å². The number of rotatable bonds is 7. The molecule has 1 unspecified atom stereocenters. The maximum Gasteiger partial charge on any atom is 0.247 e. The second kappa shape index (κ2) is 10.2. The highest BCUT2D eigenvalue weighted by molar-refractivity contribution is 5.96. The second-order valence-electron chi connectivity index (χ2n) is 9.19. The van der Waals surface area contributed by atoms with Crippen LogP contribution in [0.4, 0.5) is 0 Å². The number of fused-ring (bicyclic) bond motifs is 3. The molecule has 2 aromatic rings. The quantitative estimate of drug-likeness (QED) is 0.555. The highest BCUT2D eigenvalue weighted by Crippen LogP contribution is 2.47. The molecule has 8 nitrogen and oxygen atoms in total. The molecule has 0 bridgehead atoms. The molecule has 1 fully saturated rings. The van der Waals surface area contributed by atoms with Gasteiger partial charge in [0, 0.05) is 30.8 Å². The third kappa shape index (κ3) is 4.57. The Hall–Kier alpha value is -3.20. The van der Waals surface area contributed by atoms with Crippen LogP contribution >= 0.6 is 0 Å². The molecule has 0 spiro atoms. The molecule has 0 aromatic heterocycles. The first kappa shape index (κ1) is 23.5. The average molecular weight is 479 g/mol. The Labute approximate surface area is 204 Å². The van der Waals surface area contributed by atoms with Crippen molar-refractivity contribution in [1.82, 2.24) is 10.2 Å². The lowest BCUT2D eigenvalue weighted by atomic mass is 9.77. The molecule has 2 aliphatic heterocycles. The largest absolute Gasteiger partial charge is 0.486 e. The summed E-state index contributed by atoms with van der Waals surface area (Å²) in [6, 6.07) is 16.3. The number of ether oxygens (including phenoxy) is 2. The van der Waals surface area contributed by atoms with Gasteiger partial charge in [-0.15, -0.1) is 0 Å². The lowest BCUT2D eigenvalue weighted by Gasteiger charge is -2.41. The van der Waals surface area contributed by atoms with Gasteiger partial charge < -0.3 is 29.9 Å². The highest BCUT2D eigenvalue weighted by Gasteiger charge is 2.50. The Balaban J connectivity index is 1.55. The monoisotopic (exact) mass is 478 g/mol. The summed E-state index contributed by atoms with van der Waals surface area (Å²) in [6.07, 6.45) is 0.565. The Morgan fingerprint density at radius 1 is 1.09 bits per heavy atom. The van der Waals surface area contributed by atoms with Crippen LogP contribution in [0.3, 0.4) is 0 Å². The molecule has 5 atom stereocenters. The summed E-state index contributed by atoms with van der Waals surface area (Å²) in [7, 11) is 0. The third-order valence-corrected chi connectivity index (χ3v) is 6.99. The zero-order valence-corrected chi connectivity index (χ0v) is 19.4. The number of aliphatic hydroxyl groups is 2. The lowest BCUT2D eigenvalue weighted by molar-refractivity contribution is -0.142. The molecule has 3 aliphatic rings. The van der Waals surface area contributed by atoms with Crippen LogP contribution in [0, 0.1) is 5.92 Å². The molecular weight excluding hydrogens is 448 g/mol. The first-order valence-electron chi connectivity index (χ1n) is 12.0. The van der Waals surface area contributed by atoms with Crippen LogP contribution in [0.2, 0.25) is 0 Å². The van der Waals surface area contributed by atoms with Gasteiger partial charge in [-0.05, 0) is 24.1 Å². The number of nitrogens with zero attached hydrogens (tertiary/aromatic N) is 1. The standard InChI is InChI=1S/C27H30N2O6/c30-12-11-28-26(32)20-14-21(24(31)25-23(20)19-8-4-5-9-22(19)35-25)29(15-17-6-2-1-3-7-17)27(33)18-10-13-34-16-18/h1-9,14,18,21,23-25,30-31H,10-13,15-16H2,(H,28,32)/t18?,21-,23+,24+,25+/m1/s1. The number of hydrogen-bond acceptors (Lipinski definition) is 6. The predicted octanol–water partition coefficient (Wildman–Crippen LogP) is 1.37. The van der Waals surface area contributed by atoms with Crippen molar-refractivity contribution in [3.63, 3.8) is 0 Å². The summed E-state index contributed by atoms with van der Waals surface area (Å²) >= 11 is 0. The number of benzene rings is 2. The fourth-order valence-electron chi connectivity index (χ4n) is 5.27. The molecule has 2 aromatic carbocycles. The van der Waals surface area contributed by atoms with E-state index in [1.165, 1.54) is 0 Å². The van der Waals surface area contributed by atoms with Crippen molar-refractivity contribution < 1.29 is 29.3 Å². The predicted molar refractivity (Wildman–Crippen MR) is 127 cm³/mol. The van der Waals surface area contributed by atoms with Gasteiger partial charge in [0.15, 0.2) is 0 Å². The SMILES string of the molecule is O=C(NCCO)C1=C[C@@H](N(Cc2ccccc2)C(=O)C2CCOC2)[C@H](O)[C@H]2Oc3ccccc3[C@@H]12. The van der Waals surface area contributed by atoms with Crippen LogP contribution in [-0.2, 0) is 20.9 Å². The maximum absolute atomic E-state index is 13.7. The summed E-state index contributed by atoms with van der Waals surface area (Å²) in [5, 5.41) is 23.5. The van der Waals surface area contributed by atoms with Crippen molar-refractivity contribution in [2.24, 2.45) is 5.92 Å². The number of para-hydroxylation sites is 1. The summed E-state index contributed by atoms with van der Waals surface area (Å²) in [5.41, 5.74) is 2.17. The van der Waals surface area contributed by atoms with E-state index in [9.17, 15) is 19.8 Å². The van der Waals surface area contributed by atoms with E-state index in [2.05, 4.69) is 5.32 Å². The smallest absolute Gasteiger partial charge is 0.247 e. The second-order valence-corrected chi connectivity index (χ2v) is 9.19. The minimum absolute atomic E-state index is 0.107. The van der Waals surface area contributed by atoms with Gasteiger partial charge in [-0.1, -0.05) is 48.5 Å². The number of hydrogen-bond donors (Lipinski definition) is 3. The minimum atomic E-state index is -1.04. The highest BCUT2D eigenvalue weighted by atomic mass is 16.5. The number of aliphatic hydroxyl groups excluding tert-OH is 2. The van der Waals surface area contributed by atoms with Gasteiger partial charge in [-0.2, -0.15) is 0 Å². The number of amides is 2. The van der Waals surface area contributed by atoms with Crippen LogP contribution in [0.5, 0.6) is 5.75 Å². The van der Waals surface area contributed by atoms with Gasteiger partial charge in [0.2, 0.25) is 11.8 Å². The van der Waals surface area contributed by atoms with Crippen molar-refractivity contribution >= 4 is 11.8 Å². The molecular formula is C27H30N2O6. The van der Waals surface area contributed by atoms with Crippen LogP contribution in [0.1, 0.15) is 23.5 Å².